The van der Waals surface area contributed by atoms with Gasteiger partial charge in [-0.3, -0.25) is 4.68 Å². The van der Waals surface area contributed by atoms with Crippen molar-refractivity contribution in [1.29, 1.82) is 0 Å². The van der Waals surface area contributed by atoms with Crippen molar-refractivity contribution < 1.29 is 5.11 Å². The molecule has 0 atom stereocenters. The Labute approximate surface area is 177 Å². The molecule has 9 heteroatoms. The molecule has 5 rings (SSSR count). The maximum Gasteiger partial charge on any atom is 0.158 e. The SMILES string of the molecule is Nc1ncc(Cl)c2cc(NCc3ccc(N4CCn5ncc(O)c5C4)nc3)ccc12. The fourth-order valence-electron chi connectivity index (χ4n) is 3.68. The Bertz CT molecular complexity index is 1220. The Morgan fingerprint density at radius 2 is 1.97 bits per heavy atom. The van der Waals surface area contributed by atoms with Crippen LogP contribution in [0.5, 0.6) is 5.75 Å². The van der Waals surface area contributed by atoms with Gasteiger partial charge in [0.1, 0.15) is 11.6 Å². The van der Waals surface area contributed by atoms with Crippen LogP contribution >= 0.6 is 11.6 Å². The van der Waals surface area contributed by atoms with E-state index in [1.807, 2.05) is 35.1 Å². The molecule has 0 fully saturated rings. The molecule has 3 aromatic heterocycles. The summed E-state index contributed by atoms with van der Waals surface area (Å²) < 4.78 is 1.84. The monoisotopic (exact) mass is 421 g/mol. The van der Waals surface area contributed by atoms with Gasteiger partial charge in [-0.1, -0.05) is 17.7 Å². The first-order chi connectivity index (χ1) is 14.6. The van der Waals surface area contributed by atoms with Crippen molar-refractivity contribution in [3.63, 3.8) is 0 Å². The second kappa shape index (κ2) is 7.38. The van der Waals surface area contributed by atoms with Gasteiger partial charge in [0.25, 0.3) is 0 Å². The zero-order valence-electron chi connectivity index (χ0n) is 16.1. The van der Waals surface area contributed by atoms with E-state index in [1.54, 1.807) is 6.20 Å². The highest BCUT2D eigenvalue weighted by Crippen LogP contribution is 2.29. The molecule has 0 spiro atoms. The van der Waals surface area contributed by atoms with Gasteiger partial charge in [0, 0.05) is 41.9 Å². The molecule has 8 nitrogen and oxygen atoms in total. The zero-order chi connectivity index (χ0) is 20.7. The molecule has 0 saturated heterocycles. The fourth-order valence-corrected chi connectivity index (χ4v) is 3.89. The van der Waals surface area contributed by atoms with E-state index in [2.05, 4.69) is 31.3 Å². The summed E-state index contributed by atoms with van der Waals surface area (Å²) in [7, 11) is 0. The summed E-state index contributed by atoms with van der Waals surface area (Å²) in [5.74, 6) is 1.58. The minimum absolute atomic E-state index is 0.230. The minimum Gasteiger partial charge on any atom is -0.504 e. The molecule has 4 heterocycles. The predicted octanol–water partition coefficient (Wildman–Crippen LogP) is 3.40. The summed E-state index contributed by atoms with van der Waals surface area (Å²) in [6.45, 7) is 2.75. The number of fused-ring (bicyclic) bond motifs is 2. The van der Waals surface area contributed by atoms with E-state index in [1.165, 1.54) is 6.20 Å². The number of halogens is 1. The highest BCUT2D eigenvalue weighted by atomic mass is 35.5. The number of benzene rings is 1. The van der Waals surface area contributed by atoms with E-state index in [0.29, 0.717) is 23.9 Å². The minimum atomic E-state index is 0.230. The second-order valence-electron chi connectivity index (χ2n) is 7.25. The number of rotatable bonds is 4. The molecule has 0 aliphatic carbocycles. The van der Waals surface area contributed by atoms with Crippen LogP contribution < -0.4 is 16.0 Å². The number of nitrogens with two attached hydrogens (primary N) is 1. The lowest BCUT2D eigenvalue weighted by Crippen LogP contribution is -2.34. The number of aromatic nitrogens is 4. The van der Waals surface area contributed by atoms with Crippen LogP contribution in [0.1, 0.15) is 11.3 Å². The van der Waals surface area contributed by atoms with E-state index in [9.17, 15) is 5.11 Å². The summed E-state index contributed by atoms with van der Waals surface area (Å²) in [6.07, 6.45) is 4.93. The van der Waals surface area contributed by atoms with Gasteiger partial charge < -0.3 is 21.1 Å². The third kappa shape index (κ3) is 3.35. The van der Waals surface area contributed by atoms with Crippen molar-refractivity contribution in [2.75, 3.05) is 22.5 Å². The van der Waals surface area contributed by atoms with E-state index < -0.39 is 0 Å². The molecule has 152 valence electrons. The summed E-state index contributed by atoms with van der Waals surface area (Å²) in [6, 6.07) is 9.91. The molecule has 0 unspecified atom stereocenters. The average molecular weight is 422 g/mol. The summed E-state index contributed by atoms with van der Waals surface area (Å²) in [4.78, 5) is 10.8. The molecule has 0 radical (unpaired) electrons. The molecule has 0 bridgehead atoms. The lowest BCUT2D eigenvalue weighted by molar-refractivity contribution is 0.449. The molecule has 30 heavy (non-hydrogen) atoms. The van der Waals surface area contributed by atoms with Crippen molar-refractivity contribution in [2.24, 2.45) is 0 Å². The van der Waals surface area contributed by atoms with Crippen LogP contribution in [0.2, 0.25) is 5.02 Å². The number of pyridine rings is 2. The summed E-state index contributed by atoms with van der Waals surface area (Å²) >= 11 is 6.26. The van der Waals surface area contributed by atoms with Gasteiger partial charge in [0.05, 0.1) is 30.0 Å². The van der Waals surface area contributed by atoms with Crippen LogP contribution in [-0.4, -0.2) is 31.4 Å². The molecule has 4 N–H and O–H groups in total. The molecular formula is C21H20ClN7O. The number of hydrogen-bond donors (Lipinski definition) is 3. The lowest BCUT2D eigenvalue weighted by atomic mass is 10.1. The van der Waals surface area contributed by atoms with Crippen molar-refractivity contribution in [3.05, 3.63) is 65.2 Å². The van der Waals surface area contributed by atoms with Crippen LogP contribution in [0.4, 0.5) is 17.3 Å². The Morgan fingerprint density at radius 3 is 2.80 bits per heavy atom. The standard InChI is InChI=1S/C21H20ClN7O/c22-17-10-26-21(23)15-3-2-14(7-16(15)17)24-8-13-1-4-20(25-9-13)28-5-6-29-18(12-28)19(30)11-27-29/h1-4,7,9-11,24,30H,5-6,8,12H2,(H2,23,26). The van der Waals surface area contributed by atoms with Gasteiger partial charge in [-0.2, -0.15) is 5.10 Å². The third-order valence-electron chi connectivity index (χ3n) is 5.35. The first-order valence-corrected chi connectivity index (χ1v) is 9.97. The fraction of sp³-hybridized carbons (Fsp3) is 0.190. The molecule has 0 saturated carbocycles. The molecule has 0 amide bonds. The van der Waals surface area contributed by atoms with E-state index in [-0.39, 0.29) is 5.75 Å². The van der Waals surface area contributed by atoms with Crippen LogP contribution in [0.15, 0.2) is 48.9 Å². The molecule has 4 aromatic rings. The number of aromatic hydroxyl groups is 1. The van der Waals surface area contributed by atoms with Gasteiger partial charge in [-0.05, 0) is 29.8 Å². The van der Waals surface area contributed by atoms with Crippen LogP contribution in [0.3, 0.4) is 0 Å². The lowest BCUT2D eigenvalue weighted by Gasteiger charge is -2.28. The average Bonchev–Trinajstić information content (AvgIpc) is 3.15. The van der Waals surface area contributed by atoms with Crippen LogP contribution in [0, 0.1) is 0 Å². The maximum absolute atomic E-state index is 9.92. The van der Waals surface area contributed by atoms with E-state index in [0.717, 1.165) is 46.6 Å². The van der Waals surface area contributed by atoms with Crippen molar-refractivity contribution in [1.82, 2.24) is 19.7 Å². The van der Waals surface area contributed by atoms with Crippen LogP contribution in [0.25, 0.3) is 10.8 Å². The summed E-state index contributed by atoms with van der Waals surface area (Å²) in [5.41, 5.74) is 8.75. The van der Waals surface area contributed by atoms with Crippen molar-refractivity contribution in [3.8, 4) is 5.75 Å². The molecular weight excluding hydrogens is 402 g/mol. The smallest absolute Gasteiger partial charge is 0.158 e. The highest BCUT2D eigenvalue weighted by Gasteiger charge is 2.21. The Morgan fingerprint density at radius 1 is 1.07 bits per heavy atom. The molecule has 1 aliphatic heterocycles. The van der Waals surface area contributed by atoms with Gasteiger partial charge in [0.15, 0.2) is 5.75 Å². The molecule has 1 aromatic carbocycles. The second-order valence-corrected chi connectivity index (χ2v) is 7.66. The Hall–Kier alpha value is -3.52. The van der Waals surface area contributed by atoms with Crippen LogP contribution in [-0.2, 0) is 19.6 Å². The number of anilines is 3. The third-order valence-corrected chi connectivity index (χ3v) is 5.65. The first kappa shape index (κ1) is 18.5. The normalized spacial score (nSPS) is 13.4. The molecule has 1 aliphatic rings. The van der Waals surface area contributed by atoms with E-state index >= 15 is 0 Å². The number of nitrogens with one attached hydrogen (secondary N) is 1. The first-order valence-electron chi connectivity index (χ1n) is 9.59. The quantitative estimate of drug-likeness (QED) is 0.463. The Balaban J connectivity index is 1.27. The zero-order valence-corrected chi connectivity index (χ0v) is 16.8. The Kier molecular flexibility index (Phi) is 4.55. The number of hydrogen-bond acceptors (Lipinski definition) is 7. The maximum atomic E-state index is 9.92. The van der Waals surface area contributed by atoms with Gasteiger partial charge in [0.2, 0.25) is 0 Å². The van der Waals surface area contributed by atoms with Gasteiger partial charge in [-0.25, -0.2) is 9.97 Å². The predicted molar refractivity (Wildman–Crippen MR) is 118 cm³/mol. The summed E-state index contributed by atoms with van der Waals surface area (Å²) in [5, 5.41) is 19.8. The van der Waals surface area contributed by atoms with E-state index in [4.69, 9.17) is 17.3 Å². The number of nitrogens with zero attached hydrogens (tertiary/aromatic N) is 5. The largest absolute Gasteiger partial charge is 0.504 e. The topological polar surface area (TPSA) is 105 Å². The van der Waals surface area contributed by atoms with Gasteiger partial charge in [-0.15, -0.1) is 0 Å². The van der Waals surface area contributed by atoms with Crippen molar-refractivity contribution in [2.45, 2.75) is 19.6 Å². The van der Waals surface area contributed by atoms with Crippen molar-refractivity contribution >= 4 is 39.7 Å². The number of nitrogen functional groups attached to an aromatic ring is 1. The highest BCUT2D eigenvalue weighted by molar-refractivity contribution is 6.35. The van der Waals surface area contributed by atoms with Gasteiger partial charge >= 0.3 is 0 Å².